The first kappa shape index (κ1) is 7.88. The van der Waals surface area contributed by atoms with Gasteiger partial charge in [-0.1, -0.05) is 6.07 Å². The van der Waals surface area contributed by atoms with Crippen LogP contribution in [0.25, 0.3) is 0 Å². The van der Waals surface area contributed by atoms with Crippen LogP contribution in [-0.4, -0.2) is 10.8 Å². The number of hydrogen-bond donors (Lipinski definition) is 1. The van der Waals surface area contributed by atoms with E-state index in [4.69, 9.17) is 5.73 Å². The van der Waals surface area contributed by atoms with Crippen LogP contribution in [0.2, 0.25) is 0 Å². The van der Waals surface area contributed by atoms with Gasteiger partial charge in [0, 0.05) is 19.7 Å². The molecule has 58 valence electrons. The number of nitrogens with two attached hydrogens (primary N) is 1. The van der Waals surface area contributed by atoms with Crippen molar-refractivity contribution in [1.29, 1.82) is 0 Å². The number of aromatic nitrogens is 1. The summed E-state index contributed by atoms with van der Waals surface area (Å²) in [5.41, 5.74) is 6.78. The van der Waals surface area contributed by atoms with Gasteiger partial charge in [-0.2, -0.15) is 0 Å². The molecular formula is C8H10N2O. The van der Waals surface area contributed by atoms with Gasteiger partial charge >= 0.3 is 0 Å². The lowest BCUT2D eigenvalue weighted by atomic mass is 10.2. The molecule has 0 fully saturated rings. The molecule has 0 unspecified atom stereocenters. The number of Topliss-reactive ketones (excluding diaryl/α,β-unsaturated/α-hetero) is 1. The highest BCUT2D eigenvalue weighted by Crippen LogP contribution is 1.99. The van der Waals surface area contributed by atoms with Gasteiger partial charge < -0.3 is 5.73 Å². The van der Waals surface area contributed by atoms with E-state index < -0.39 is 0 Å². The van der Waals surface area contributed by atoms with Crippen LogP contribution in [0.15, 0.2) is 18.3 Å². The molecule has 1 rings (SSSR count). The monoisotopic (exact) mass is 150 g/mol. The minimum Gasteiger partial charge on any atom is -0.326 e. The van der Waals surface area contributed by atoms with Crippen LogP contribution in [-0.2, 0) is 6.54 Å². The summed E-state index contributed by atoms with van der Waals surface area (Å²) in [6, 6.07) is 3.49. The smallest absolute Gasteiger partial charge is 0.178 e. The number of carbonyl (C=O) groups is 1. The lowest BCUT2D eigenvalue weighted by Crippen LogP contribution is -2.00. The molecule has 0 bridgehead atoms. The van der Waals surface area contributed by atoms with E-state index in [0.717, 1.165) is 5.56 Å². The second-order valence-corrected chi connectivity index (χ2v) is 2.31. The molecule has 0 saturated heterocycles. The van der Waals surface area contributed by atoms with Gasteiger partial charge in [0.05, 0.1) is 0 Å². The number of hydrogen-bond acceptors (Lipinski definition) is 3. The zero-order valence-corrected chi connectivity index (χ0v) is 6.37. The van der Waals surface area contributed by atoms with E-state index in [1.54, 1.807) is 12.3 Å². The summed E-state index contributed by atoms with van der Waals surface area (Å²) in [5, 5.41) is 0. The van der Waals surface area contributed by atoms with Gasteiger partial charge in [-0.15, -0.1) is 0 Å². The van der Waals surface area contributed by atoms with E-state index in [1.807, 2.05) is 6.07 Å². The van der Waals surface area contributed by atoms with Crippen molar-refractivity contribution < 1.29 is 4.79 Å². The third kappa shape index (κ3) is 1.85. The molecule has 1 aromatic heterocycles. The highest BCUT2D eigenvalue weighted by molar-refractivity contribution is 5.91. The summed E-state index contributed by atoms with van der Waals surface area (Å²) in [6.45, 7) is 1.95. The first-order valence-corrected chi connectivity index (χ1v) is 3.40. The summed E-state index contributed by atoms with van der Waals surface area (Å²) in [5.74, 6) is -0.0198. The summed E-state index contributed by atoms with van der Waals surface area (Å²) in [7, 11) is 0. The first-order valence-electron chi connectivity index (χ1n) is 3.40. The Morgan fingerprint density at radius 1 is 1.64 bits per heavy atom. The Kier molecular flexibility index (Phi) is 2.33. The van der Waals surface area contributed by atoms with E-state index in [-0.39, 0.29) is 5.78 Å². The Morgan fingerprint density at radius 3 is 2.73 bits per heavy atom. The first-order chi connectivity index (χ1) is 5.24. The summed E-state index contributed by atoms with van der Waals surface area (Å²) in [6.07, 6.45) is 1.62. The zero-order valence-electron chi connectivity index (χ0n) is 6.37. The molecule has 2 N–H and O–H groups in total. The van der Waals surface area contributed by atoms with Gasteiger partial charge in [-0.25, -0.2) is 0 Å². The van der Waals surface area contributed by atoms with Crippen molar-refractivity contribution in [3.63, 3.8) is 0 Å². The molecule has 0 amide bonds. The average molecular weight is 150 g/mol. The van der Waals surface area contributed by atoms with Crippen molar-refractivity contribution >= 4 is 5.78 Å². The maximum absolute atomic E-state index is 10.8. The van der Waals surface area contributed by atoms with Gasteiger partial charge in [0.1, 0.15) is 5.69 Å². The minimum atomic E-state index is -0.0198. The Balaban J connectivity index is 2.91. The minimum absolute atomic E-state index is 0.0198. The highest BCUT2D eigenvalue weighted by atomic mass is 16.1. The molecule has 0 atom stereocenters. The average Bonchev–Trinajstić information content (AvgIpc) is 2.05. The predicted octanol–water partition coefficient (Wildman–Crippen LogP) is 0.743. The molecule has 1 heterocycles. The van der Waals surface area contributed by atoms with Crippen molar-refractivity contribution in [3.05, 3.63) is 29.6 Å². The van der Waals surface area contributed by atoms with E-state index in [1.165, 1.54) is 6.92 Å². The van der Waals surface area contributed by atoms with Crippen molar-refractivity contribution in [2.75, 3.05) is 0 Å². The molecule has 0 spiro atoms. The van der Waals surface area contributed by atoms with Gasteiger partial charge in [0.25, 0.3) is 0 Å². The lowest BCUT2D eigenvalue weighted by Gasteiger charge is -1.96. The number of pyridine rings is 1. The topological polar surface area (TPSA) is 56.0 Å². The quantitative estimate of drug-likeness (QED) is 0.633. The van der Waals surface area contributed by atoms with E-state index in [9.17, 15) is 4.79 Å². The van der Waals surface area contributed by atoms with Crippen LogP contribution in [0.4, 0.5) is 0 Å². The third-order valence-corrected chi connectivity index (χ3v) is 1.42. The molecule has 0 aliphatic rings. The Morgan fingerprint density at radius 2 is 2.36 bits per heavy atom. The maximum atomic E-state index is 10.8. The molecule has 3 heteroatoms. The van der Waals surface area contributed by atoms with E-state index in [0.29, 0.717) is 12.2 Å². The van der Waals surface area contributed by atoms with Gasteiger partial charge in [-0.05, 0) is 11.6 Å². The summed E-state index contributed by atoms with van der Waals surface area (Å²) >= 11 is 0. The second-order valence-electron chi connectivity index (χ2n) is 2.31. The van der Waals surface area contributed by atoms with Crippen molar-refractivity contribution in [2.45, 2.75) is 13.5 Å². The Hall–Kier alpha value is -1.22. The SMILES string of the molecule is CC(=O)c1ccc(CN)cn1. The van der Waals surface area contributed by atoms with Gasteiger partial charge in [0.15, 0.2) is 5.78 Å². The molecule has 11 heavy (non-hydrogen) atoms. The van der Waals surface area contributed by atoms with Crippen LogP contribution in [0.5, 0.6) is 0 Å². The fourth-order valence-corrected chi connectivity index (χ4v) is 0.753. The molecule has 0 aliphatic heterocycles. The molecule has 1 aromatic rings. The molecular weight excluding hydrogens is 140 g/mol. The molecule has 3 nitrogen and oxygen atoms in total. The normalized spacial score (nSPS) is 9.64. The van der Waals surface area contributed by atoms with Crippen LogP contribution in [0, 0.1) is 0 Å². The predicted molar refractivity (Wildman–Crippen MR) is 42.1 cm³/mol. The third-order valence-electron chi connectivity index (χ3n) is 1.42. The van der Waals surface area contributed by atoms with Gasteiger partial charge in [-0.3, -0.25) is 9.78 Å². The number of rotatable bonds is 2. The van der Waals surface area contributed by atoms with Crippen molar-refractivity contribution in [3.8, 4) is 0 Å². The summed E-state index contributed by atoms with van der Waals surface area (Å²) < 4.78 is 0. The van der Waals surface area contributed by atoms with Gasteiger partial charge in [0.2, 0.25) is 0 Å². The zero-order chi connectivity index (χ0) is 8.27. The van der Waals surface area contributed by atoms with E-state index in [2.05, 4.69) is 4.98 Å². The molecule has 0 aromatic carbocycles. The molecule has 0 radical (unpaired) electrons. The Labute approximate surface area is 65.2 Å². The highest BCUT2D eigenvalue weighted by Gasteiger charge is 1.98. The van der Waals surface area contributed by atoms with Crippen LogP contribution < -0.4 is 5.73 Å². The van der Waals surface area contributed by atoms with Crippen LogP contribution >= 0.6 is 0 Å². The number of carbonyl (C=O) groups excluding carboxylic acids is 1. The molecule has 0 aliphatic carbocycles. The fraction of sp³-hybridized carbons (Fsp3) is 0.250. The maximum Gasteiger partial charge on any atom is 0.178 e. The Bertz CT molecular complexity index is 253. The molecule has 0 saturated carbocycles. The number of ketones is 1. The summed E-state index contributed by atoms with van der Waals surface area (Å²) in [4.78, 5) is 14.7. The van der Waals surface area contributed by atoms with E-state index >= 15 is 0 Å². The standard InChI is InChI=1S/C8H10N2O/c1-6(11)8-3-2-7(4-9)5-10-8/h2-3,5H,4,9H2,1H3. The van der Waals surface area contributed by atoms with Crippen LogP contribution in [0.3, 0.4) is 0 Å². The number of nitrogens with zero attached hydrogens (tertiary/aromatic N) is 1. The fourth-order valence-electron chi connectivity index (χ4n) is 0.753. The van der Waals surface area contributed by atoms with Crippen molar-refractivity contribution in [1.82, 2.24) is 4.98 Å². The largest absolute Gasteiger partial charge is 0.326 e. The lowest BCUT2D eigenvalue weighted by molar-refractivity contribution is 0.101. The second kappa shape index (κ2) is 3.25. The van der Waals surface area contributed by atoms with Crippen LogP contribution in [0.1, 0.15) is 23.0 Å². The van der Waals surface area contributed by atoms with Crippen molar-refractivity contribution in [2.24, 2.45) is 5.73 Å².